The van der Waals surface area contributed by atoms with Crippen molar-refractivity contribution in [2.45, 2.75) is 6.92 Å². The fourth-order valence-electron chi connectivity index (χ4n) is 3.39. The van der Waals surface area contributed by atoms with Gasteiger partial charge in [0.25, 0.3) is 0 Å². The Morgan fingerprint density at radius 1 is 0.963 bits per heavy atom. The highest BCUT2D eigenvalue weighted by molar-refractivity contribution is 6.04. The molecule has 0 aromatic heterocycles. The standard InChI is InChI=1S/C22H21N3O2/c1-16-9-11-18(12-10-16)25-14-13-24(22(25)27)15-21(26)23-20-8-4-6-17-5-2-3-7-19(17)20/h2-12H,13-15H2,1H3,(H,23,26). The molecule has 1 aliphatic rings. The summed E-state index contributed by atoms with van der Waals surface area (Å²) >= 11 is 0. The summed E-state index contributed by atoms with van der Waals surface area (Å²) in [6, 6.07) is 21.4. The Morgan fingerprint density at radius 2 is 1.70 bits per heavy atom. The molecular weight excluding hydrogens is 338 g/mol. The number of urea groups is 1. The van der Waals surface area contributed by atoms with Gasteiger partial charge in [-0.05, 0) is 30.5 Å². The van der Waals surface area contributed by atoms with Gasteiger partial charge in [-0.15, -0.1) is 0 Å². The zero-order valence-corrected chi connectivity index (χ0v) is 15.2. The van der Waals surface area contributed by atoms with E-state index in [1.807, 2.05) is 73.7 Å². The SMILES string of the molecule is Cc1ccc(N2CCN(CC(=O)Nc3cccc4ccccc34)C2=O)cc1. The van der Waals surface area contributed by atoms with E-state index in [2.05, 4.69) is 5.32 Å². The Labute approximate surface area is 158 Å². The minimum atomic E-state index is -0.189. The molecule has 0 unspecified atom stereocenters. The fourth-order valence-corrected chi connectivity index (χ4v) is 3.39. The number of benzene rings is 3. The summed E-state index contributed by atoms with van der Waals surface area (Å²) in [4.78, 5) is 28.5. The van der Waals surface area contributed by atoms with Crippen molar-refractivity contribution in [1.82, 2.24) is 4.90 Å². The number of aryl methyl sites for hydroxylation is 1. The van der Waals surface area contributed by atoms with Crippen LogP contribution in [-0.2, 0) is 4.79 Å². The molecule has 1 fully saturated rings. The zero-order chi connectivity index (χ0) is 18.8. The van der Waals surface area contributed by atoms with Crippen molar-refractivity contribution < 1.29 is 9.59 Å². The first-order valence-electron chi connectivity index (χ1n) is 9.02. The Hall–Kier alpha value is -3.34. The Bertz CT molecular complexity index is 993. The molecule has 1 N–H and O–H groups in total. The molecule has 4 rings (SSSR count). The molecule has 1 aliphatic heterocycles. The maximum atomic E-state index is 12.7. The first-order chi connectivity index (χ1) is 13.1. The van der Waals surface area contributed by atoms with Gasteiger partial charge in [0.1, 0.15) is 6.54 Å². The van der Waals surface area contributed by atoms with E-state index in [9.17, 15) is 9.59 Å². The Morgan fingerprint density at radius 3 is 2.52 bits per heavy atom. The van der Waals surface area contributed by atoms with Crippen LogP contribution in [-0.4, -0.2) is 36.5 Å². The number of nitrogens with zero attached hydrogens (tertiary/aromatic N) is 2. The second kappa shape index (κ2) is 7.11. The second-order valence-corrected chi connectivity index (χ2v) is 6.77. The normalized spacial score (nSPS) is 14.0. The number of hydrogen-bond donors (Lipinski definition) is 1. The number of carbonyl (C=O) groups excluding carboxylic acids is 2. The van der Waals surface area contributed by atoms with E-state index >= 15 is 0 Å². The average Bonchev–Trinajstić information content (AvgIpc) is 3.03. The first-order valence-corrected chi connectivity index (χ1v) is 9.02. The van der Waals surface area contributed by atoms with Gasteiger partial charge in [-0.1, -0.05) is 54.1 Å². The molecule has 3 aromatic rings. The molecule has 5 nitrogen and oxygen atoms in total. The van der Waals surface area contributed by atoms with Crippen molar-refractivity contribution in [2.75, 3.05) is 29.9 Å². The average molecular weight is 359 g/mol. The summed E-state index contributed by atoms with van der Waals surface area (Å²) in [5, 5.41) is 5.00. The van der Waals surface area contributed by atoms with Gasteiger partial charge in [0.05, 0.1) is 0 Å². The van der Waals surface area contributed by atoms with E-state index in [0.717, 1.165) is 27.7 Å². The van der Waals surface area contributed by atoms with Crippen LogP contribution in [0.5, 0.6) is 0 Å². The summed E-state index contributed by atoms with van der Waals surface area (Å²) in [7, 11) is 0. The first kappa shape index (κ1) is 17.1. The van der Waals surface area contributed by atoms with Crippen LogP contribution in [0, 0.1) is 6.92 Å². The van der Waals surface area contributed by atoms with Gasteiger partial charge in [0.2, 0.25) is 5.91 Å². The third-order valence-electron chi connectivity index (χ3n) is 4.84. The topological polar surface area (TPSA) is 52.6 Å². The van der Waals surface area contributed by atoms with E-state index in [4.69, 9.17) is 0 Å². The van der Waals surface area contributed by atoms with Crippen LogP contribution in [0.25, 0.3) is 10.8 Å². The van der Waals surface area contributed by atoms with Crippen molar-refractivity contribution in [2.24, 2.45) is 0 Å². The molecule has 136 valence electrons. The summed E-state index contributed by atoms with van der Waals surface area (Å²) in [6.45, 7) is 3.18. The number of anilines is 2. The Kier molecular flexibility index (Phi) is 4.50. The van der Waals surface area contributed by atoms with Gasteiger partial charge >= 0.3 is 6.03 Å². The molecule has 0 aliphatic carbocycles. The summed E-state index contributed by atoms with van der Waals surface area (Å²) in [5.74, 6) is -0.189. The van der Waals surface area contributed by atoms with E-state index < -0.39 is 0 Å². The summed E-state index contributed by atoms with van der Waals surface area (Å²) in [5.41, 5.74) is 2.78. The lowest BCUT2D eigenvalue weighted by Gasteiger charge is -2.19. The van der Waals surface area contributed by atoms with Crippen molar-refractivity contribution in [3.63, 3.8) is 0 Å². The molecule has 0 saturated carbocycles. The number of carbonyl (C=O) groups is 2. The lowest BCUT2D eigenvalue weighted by molar-refractivity contribution is -0.116. The molecule has 1 saturated heterocycles. The van der Waals surface area contributed by atoms with Crippen molar-refractivity contribution in [3.05, 3.63) is 72.3 Å². The van der Waals surface area contributed by atoms with E-state index in [1.165, 1.54) is 0 Å². The van der Waals surface area contributed by atoms with Gasteiger partial charge in [0, 0.05) is 29.9 Å². The van der Waals surface area contributed by atoms with E-state index in [1.54, 1.807) is 9.80 Å². The molecule has 0 radical (unpaired) electrons. The molecule has 0 bridgehead atoms. The highest BCUT2D eigenvalue weighted by Gasteiger charge is 2.30. The van der Waals surface area contributed by atoms with E-state index in [-0.39, 0.29) is 18.5 Å². The molecule has 0 spiro atoms. The fraction of sp³-hybridized carbons (Fsp3) is 0.182. The van der Waals surface area contributed by atoms with Crippen molar-refractivity contribution >= 4 is 34.1 Å². The highest BCUT2D eigenvalue weighted by atomic mass is 16.2. The van der Waals surface area contributed by atoms with Crippen molar-refractivity contribution in [3.8, 4) is 0 Å². The van der Waals surface area contributed by atoms with Crippen LogP contribution in [0.2, 0.25) is 0 Å². The van der Waals surface area contributed by atoms with Gasteiger partial charge < -0.3 is 10.2 Å². The minimum Gasteiger partial charge on any atom is -0.324 e. The van der Waals surface area contributed by atoms with Crippen LogP contribution >= 0.6 is 0 Å². The van der Waals surface area contributed by atoms with Gasteiger partial charge in [0.15, 0.2) is 0 Å². The summed E-state index contributed by atoms with van der Waals surface area (Å²) in [6.07, 6.45) is 0. The van der Waals surface area contributed by atoms with Crippen LogP contribution in [0.1, 0.15) is 5.56 Å². The predicted molar refractivity (Wildman–Crippen MR) is 108 cm³/mol. The maximum absolute atomic E-state index is 12.7. The number of nitrogens with one attached hydrogen (secondary N) is 1. The number of fused-ring (bicyclic) bond motifs is 1. The molecule has 0 atom stereocenters. The highest BCUT2D eigenvalue weighted by Crippen LogP contribution is 2.24. The molecule has 27 heavy (non-hydrogen) atoms. The lowest BCUT2D eigenvalue weighted by Crippen LogP contribution is -2.37. The van der Waals surface area contributed by atoms with Crippen LogP contribution in [0.15, 0.2) is 66.7 Å². The number of amides is 3. The molecular formula is C22H21N3O2. The van der Waals surface area contributed by atoms with E-state index in [0.29, 0.717) is 13.1 Å². The predicted octanol–water partition coefficient (Wildman–Crippen LogP) is 4.03. The van der Waals surface area contributed by atoms with Crippen LogP contribution in [0.4, 0.5) is 16.2 Å². The maximum Gasteiger partial charge on any atom is 0.325 e. The third-order valence-corrected chi connectivity index (χ3v) is 4.84. The second-order valence-electron chi connectivity index (χ2n) is 6.77. The molecule has 3 amide bonds. The third kappa shape index (κ3) is 3.49. The molecule has 5 heteroatoms. The lowest BCUT2D eigenvalue weighted by atomic mass is 10.1. The molecule has 3 aromatic carbocycles. The van der Waals surface area contributed by atoms with Gasteiger partial charge in [-0.2, -0.15) is 0 Å². The zero-order valence-electron chi connectivity index (χ0n) is 15.2. The number of hydrogen-bond acceptors (Lipinski definition) is 2. The summed E-state index contributed by atoms with van der Waals surface area (Å²) < 4.78 is 0. The van der Waals surface area contributed by atoms with Crippen molar-refractivity contribution in [1.29, 1.82) is 0 Å². The van der Waals surface area contributed by atoms with Crippen LogP contribution in [0.3, 0.4) is 0 Å². The Balaban J connectivity index is 1.44. The quantitative estimate of drug-likeness (QED) is 0.765. The smallest absolute Gasteiger partial charge is 0.324 e. The van der Waals surface area contributed by atoms with Gasteiger partial charge in [-0.3, -0.25) is 9.69 Å². The minimum absolute atomic E-state index is 0.0460. The molecule has 1 heterocycles. The van der Waals surface area contributed by atoms with Gasteiger partial charge in [-0.25, -0.2) is 4.79 Å². The monoisotopic (exact) mass is 359 g/mol. The number of rotatable bonds is 4. The largest absolute Gasteiger partial charge is 0.325 e. The van der Waals surface area contributed by atoms with Crippen LogP contribution < -0.4 is 10.2 Å².